The third-order valence-electron chi connectivity index (χ3n) is 5.05. The van der Waals surface area contributed by atoms with Gasteiger partial charge in [-0.25, -0.2) is 0 Å². The van der Waals surface area contributed by atoms with Crippen LogP contribution in [0.25, 0.3) is 0 Å². The molecule has 2 saturated heterocycles. The number of hydrogen-bond donors (Lipinski definition) is 2. The van der Waals surface area contributed by atoms with E-state index in [1.54, 1.807) is 13.0 Å². The maximum Gasteiger partial charge on any atom is 0.205 e. The Hall–Kier alpha value is -1.76. The van der Waals surface area contributed by atoms with Crippen molar-refractivity contribution in [2.75, 3.05) is 6.61 Å². The molecule has 0 spiro atoms. The monoisotopic (exact) mass is 304 g/mol. The van der Waals surface area contributed by atoms with Gasteiger partial charge in [0.1, 0.15) is 5.75 Å². The molecule has 0 aromatic heterocycles. The first-order chi connectivity index (χ1) is 10.5. The highest BCUT2D eigenvalue weighted by Crippen LogP contribution is 2.63. The molecule has 6 heteroatoms. The van der Waals surface area contributed by atoms with E-state index in [2.05, 4.69) is 0 Å². The molecule has 4 rings (SSSR count). The average molecular weight is 304 g/mol. The number of ketones is 2. The molecule has 0 unspecified atom stereocenters. The topological polar surface area (TPSA) is 96.4 Å². The molecule has 2 N–H and O–H groups in total. The van der Waals surface area contributed by atoms with Crippen LogP contribution in [0.5, 0.6) is 5.75 Å². The average Bonchev–Trinajstić information content (AvgIpc) is 3.18. The van der Waals surface area contributed by atoms with Crippen LogP contribution in [-0.4, -0.2) is 51.8 Å². The van der Waals surface area contributed by atoms with Gasteiger partial charge in [0.05, 0.1) is 17.8 Å². The normalized spacial score (nSPS) is 39.0. The van der Waals surface area contributed by atoms with Gasteiger partial charge in [-0.1, -0.05) is 12.1 Å². The number of aliphatic hydroxyl groups is 1. The molecular weight excluding hydrogens is 288 g/mol. The Balaban J connectivity index is 1.86. The summed E-state index contributed by atoms with van der Waals surface area (Å²) in [7, 11) is 0. The van der Waals surface area contributed by atoms with E-state index in [9.17, 15) is 14.7 Å². The highest BCUT2D eigenvalue weighted by molar-refractivity contribution is 6.26. The van der Waals surface area contributed by atoms with Crippen molar-refractivity contribution in [3.63, 3.8) is 0 Å². The summed E-state index contributed by atoms with van der Waals surface area (Å²) in [5, 5.41) is 19.1. The SMILES string of the molecule is C[C@H]1O[C@H](CCO)C[C@]23O[C@]12C(=O)c1c(O)cccc1C3=O. The van der Waals surface area contributed by atoms with Gasteiger partial charge in [0.2, 0.25) is 5.78 Å². The molecule has 2 heterocycles. The van der Waals surface area contributed by atoms with Crippen LogP contribution in [0.2, 0.25) is 0 Å². The second kappa shape index (κ2) is 4.16. The number of phenolic OH excluding ortho intramolecular Hbond substituents is 1. The zero-order valence-corrected chi connectivity index (χ0v) is 12.0. The van der Waals surface area contributed by atoms with E-state index in [0.717, 1.165) is 0 Å². The maximum absolute atomic E-state index is 12.9. The van der Waals surface area contributed by atoms with Crippen molar-refractivity contribution in [2.45, 2.75) is 43.2 Å². The van der Waals surface area contributed by atoms with Gasteiger partial charge in [-0.2, -0.15) is 0 Å². The van der Waals surface area contributed by atoms with Crippen molar-refractivity contribution in [2.24, 2.45) is 0 Å². The summed E-state index contributed by atoms with van der Waals surface area (Å²) in [5.74, 6) is -0.884. The summed E-state index contributed by atoms with van der Waals surface area (Å²) in [4.78, 5) is 25.8. The van der Waals surface area contributed by atoms with Crippen LogP contribution in [-0.2, 0) is 9.47 Å². The first kappa shape index (κ1) is 13.9. The van der Waals surface area contributed by atoms with E-state index in [4.69, 9.17) is 14.6 Å². The highest BCUT2D eigenvalue weighted by Gasteiger charge is 2.85. The van der Waals surface area contributed by atoms with Crippen LogP contribution in [0, 0.1) is 0 Å². The predicted octanol–water partition coefficient (Wildman–Crippen LogP) is 0.839. The Morgan fingerprint density at radius 1 is 1.32 bits per heavy atom. The Morgan fingerprint density at radius 3 is 2.82 bits per heavy atom. The van der Waals surface area contributed by atoms with E-state index in [1.165, 1.54) is 12.1 Å². The van der Waals surface area contributed by atoms with E-state index < -0.39 is 23.1 Å². The van der Waals surface area contributed by atoms with Crippen molar-refractivity contribution < 1.29 is 29.3 Å². The Bertz CT molecular complexity index is 698. The summed E-state index contributed by atoms with van der Waals surface area (Å²) < 4.78 is 11.5. The van der Waals surface area contributed by atoms with Crippen LogP contribution in [0.3, 0.4) is 0 Å². The van der Waals surface area contributed by atoms with Gasteiger partial charge in [-0.15, -0.1) is 0 Å². The van der Waals surface area contributed by atoms with Gasteiger partial charge >= 0.3 is 0 Å². The maximum atomic E-state index is 12.9. The van der Waals surface area contributed by atoms with E-state index in [-0.39, 0.29) is 41.8 Å². The molecule has 1 aliphatic carbocycles. The lowest BCUT2D eigenvalue weighted by atomic mass is 9.68. The number of Topliss-reactive ketones (excluding diaryl/α,β-unsaturated/α-hetero) is 2. The fraction of sp³-hybridized carbons (Fsp3) is 0.500. The van der Waals surface area contributed by atoms with Gasteiger partial charge in [0, 0.05) is 18.6 Å². The Morgan fingerprint density at radius 2 is 2.09 bits per heavy atom. The van der Waals surface area contributed by atoms with Crippen molar-refractivity contribution in [3.8, 4) is 5.75 Å². The molecule has 1 aromatic rings. The number of epoxide rings is 1. The molecule has 22 heavy (non-hydrogen) atoms. The van der Waals surface area contributed by atoms with Gasteiger partial charge in [0.25, 0.3) is 0 Å². The molecule has 2 aliphatic heterocycles. The fourth-order valence-corrected chi connectivity index (χ4v) is 4.01. The molecule has 0 saturated carbocycles. The zero-order valence-electron chi connectivity index (χ0n) is 12.0. The summed E-state index contributed by atoms with van der Waals surface area (Å²) >= 11 is 0. The molecular formula is C16H16O6. The van der Waals surface area contributed by atoms with Gasteiger partial charge in [0.15, 0.2) is 17.0 Å². The second-order valence-corrected chi connectivity index (χ2v) is 6.14. The molecule has 1 aromatic carbocycles. The van der Waals surface area contributed by atoms with Crippen LogP contribution in [0.4, 0.5) is 0 Å². The molecule has 2 fully saturated rings. The van der Waals surface area contributed by atoms with Crippen molar-refractivity contribution >= 4 is 11.6 Å². The van der Waals surface area contributed by atoms with Crippen molar-refractivity contribution in [1.29, 1.82) is 0 Å². The van der Waals surface area contributed by atoms with Crippen LogP contribution < -0.4 is 0 Å². The largest absolute Gasteiger partial charge is 0.507 e. The molecule has 6 nitrogen and oxygen atoms in total. The number of ether oxygens (including phenoxy) is 2. The molecule has 0 radical (unpaired) electrons. The molecule has 3 aliphatic rings. The molecule has 4 atom stereocenters. The van der Waals surface area contributed by atoms with Crippen LogP contribution in [0.15, 0.2) is 18.2 Å². The van der Waals surface area contributed by atoms with Gasteiger partial charge in [-0.3, -0.25) is 9.59 Å². The minimum atomic E-state index is -1.33. The minimum absolute atomic E-state index is 0.0247. The smallest absolute Gasteiger partial charge is 0.205 e. The number of aliphatic hydroxyl groups excluding tert-OH is 1. The molecule has 116 valence electrons. The number of carbonyl (C=O) groups excluding carboxylic acids is 2. The summed E-state index contributed by atoms with van der Waals surface area (Å²) in [5.41, 5.74) is -2.31. The quantitative estimate of drug-likeness (QED) is 0.786. The fourth-order valence-electron chi connectivity index (χ4n) is 4.01. The second-order valence-electron chi connectivity index (χ2n) is 6.14. The van der Waals surface area contributed by atoms with E-state index in [0.29, 0.717) is 6.42 Å². The summed E-state index contributed by atoms with van der Waals surface area (Å²) in [6.45, 7) is 1.64. The summed E-state index contributed by atoms with van der Waals surface area (Å²) in [6.07, 6.45) is -0.300. The summed E-state index contributed by atoms with van der Waals surface area (Å²) in [6, 6.07) is 4.47. The molecule has 0 amide bonds. The zero-order chi connectivity index (χ0) is 15.7. The van der Waals surface area contributed by atoms with Crippen LogP contribution in [0.1, 0.15) is 40.5 Å². The van der Waals surface area contributed by atoms with E-state index >= 15 is 0 Å². The Kier molecular flexibility index (Phi) is 2.62. The lowest BCUT2D eigenvalue weighted by Gasteiger charge is -2.37. The lowest BCUT2D eigenvalue weighted by molar-refractivity contribution is -0.0622. The first-order valence-electron chi connectivity index (χ1n) is 7.36. The third kappa shape index (κ3) is 1.36. The van der Waals surface area contributed by atoms with Gasteiger partial charge < -0.3 is 19.7 Å². The Labute approximate surface area is 126 Å². The first-order valence-corrected chi connectivity index (χ1v) is 7.36. The number of aromatic hydroxyl groups is 1. The number of hydrogen-bond acceptors (Lipinski definition) is 6. The number of rotatable bonds is 2. The lowest BCUT2D eigenvalue weighted by Crippen LogP contribution is -2.57. The number of carbonyl (C=O) groups is 2. The number of benzene rings is 1. The number of fused-ring (bicyclic) bond motifs is 1. The minimum Gasteiger partial charge on any atom is -0.507 e. The number of phenols is 1. The van der Waals surface area contributed by atoms with Crippen molar-refractivity contribution in [1.82, 2.24) is 0 Å². The van der Waals surface area contributed by atoms with Crippen molar-refractivity contribution in [3.05, 3.63) is 29.3 Å². The van der Waals surface area contributed by atoms with Gasteiger partial charge in [-0.05, 0) is 19.4 Å². The third-order valence-corrected chi connectivity index (χ3v) is 5.05. The predicted molar refractivity (Wildman–Crippen MR) is 74.0 cm³/mol. The van der Waals surface area contributed by atoms with E-state index in [1.807, 2.05) is 0 Å². The standard InChI is InChI=1S/C16H16O6/c1-8-16-14(20)12-10(3-2-4-11(12)18)13(19)15(16,22-16)7-9(21-8)5-6-17/h2-4,8-9,17-18H,5-7H2,1H3/t8-,9-,15-,16+/m1/s1. The van der Waals surface area contributed by atoms with Crippen LogP contribution >= 0.6 is 0 Å². The molecule has 0 bridgehead atoms. The highest BCUT2D eigenvalue weighted by atomic mass is 16.7.